The van der Waals surface area contributed by atoms with Crippen LogP contribution in [0.1, 0.15) is 26.2 Å². The second kappa shape index (κ2) is 6.76. The Morgan fingerprint density at radius 1 is 1.15 bits per heavy atom. The van der Waals surface area contributed by atoms with E-state index < -0.39 is 20.6 Å². The number of halogens is 1. The van der Waals surface area contributed by atoms with Gasteiger partial charge in [-0.25, -0.2) is 0 Å². The summed E-state index contributed by atoms with van der Waals surface area (Å²) in [5, 5.41) is -1.89. The molecule has 1 aliphatic heterocycles. The Bertz CT molecular complexity index is 398. The first-order valence-electron chi connectivity index (χ1n) is 6.29. The Labute approximate surface area is 125 Å². The van der Waals surface area contributed by atoms with Gasteiger partial charge in [-0.15, -0.1) is 0 Å². The highest BCUT2D eigenvalue weighted by Crippen LogP contribution is 2.62. The molecular weight excluding hydrogens is 328 g/mol. The zero-order valence-corrected chi connectivity index (χ0v) is 14.4. The standard InChI is InChI=1S/C10H23NO6P2.ClH/c1-8-5-4-6-11(2,3)9(8)7-10(18(12,13)14)19(15,16)17;/h8-10H,4-7H2,1-3H3,(H3-,12,13,14,15,16,17);1H. The molecule has 2 atom stereocenters. The molecule has 2 unspecified atom stereocenters. The Hall–Kier alpha value is 0.550. The highest BCUT2D eigenvalue weighted by molar-refractivity contribution is 7.70. The van der Waals surface area contributed by atoms with Crippen LogP contribution in [-0.4, -0.2) is 56.1 Å². The molecule has 0 amide bonds. The molecule has 0 aromatic rings. The van der Waals surface area contributed by atoms with E-state index in [4.69, 9.17) is 0 Å². The Morgan fingerprint density at radius 2 is 1.60 bits per heavy atom. The van der Waals surface area contributed by atoms with E-state index in [1.54, 1.807) is 0 Å². The van der Waals surface area contributed by atoms with Crippen LogP contribution >= 0.6 is 15.2 Å². The van der Waals surface area contributed by atoms with Gasteiger partial charge in [-0.1, -0.05) is 6.92 Å². The molecule has 122 valence electrons. The van der Waals surface area contributed by atoms with Crippen LogP contribution in [0.3, 0.4) is 0 Å². The lowest BCUT2D eigenvalue weighted by molar-refractivity contribution is -0.924. The van der Waals surface area contributed by atoms with E-state index in [9.17, 15) is 28.7 Å². The molecule has 1 heterocycles. The highest BCUT2D eigenvalue weighted by Gasteiger charge is 2.49. The van der Waals surface area contributed by atoms with Crippen molar-refractivity contribution in [1.29, 1.82) is 0 Å². The third-order valence-electron chi connectivity index (χ3n) is 4.18. The van der Waals surface area contributed by atoms with E-state index in [2.05, 4.69) is 0 Å². The number of hydrogen-bond donors (Lipinski definition) is 4. The fraction of sp³-hybridized carbons (Fsp3) is 1.00. The molecule has 1 fully saturated rings. The Kier molecular flexibility index (Phi) is 6.94. The molecule has 20 heavy (non-hydrogen) atoms. The first-order chi connectivity index (χ1) is 8.36. The highest BCUT2D eigenvalue weighted by atomic mass is 35.5. The minimum absolute atomic E-state index is 0. The Morgan fingerprint density at radius 3 is 1.95 bits per heavy atom. The Balaban J connectivity index is 0.00000361. The summed E-state index contributed by atoms with van der Waals surface area (Å²) in [6, 6.07) is -0.154. The maximum Gasteiger partial charge on any atom is 0.340 e. The van der Waals surface area contributed by atoms with Crippen molar-refractivity contribution in [2.45, 2.75) is 37.6 Å². The maximum absolute atomic E-state index is 11.4. The number of quaternary nitrogens is 1. The van der Waals surface area contributed by atoms with Gasteiger partial charge in [-0.3, -0.25) is 9.13 Å². The predicted octanol–water partition coefficient (Wildman–Crippen LogP) is -2.06. The number of hydrogen-bond acceptors (Lipinski definition) is 2. The van der Waals surface area contributed by atoms with Gasteiger partial charge >= 0.3 is 15.2 Å². The van der Waals surface area contributed by atoms with Crippen LogP contribution in [0.25, 0.3) is 0 Å². The monoisotopic (exact) mass is 351 g/mol. The summed E-state index contributed by atoms with van der Waals surface area (Å²) in [7, 11) is -5.76. The van der Waals surface area contributed by atoms with Gasteiger partial charge in [0.15, 0.2) is 5.40 Å². The molecule has 7 nitrogen and oxygen atoms in total. The van der Waals surface area contributed by atoms with Crippen LogP contribution in [0.15, 0.2) is 0 Å². The molecule has 0 radical (unpaired) electrons. The molecule has 0 aromatic carbocycles. The summed E-state index contributed by atoms with van der Waals surface area (Å²) in [5.74, 6) is 0.185. The van der Waals surface area contributed by atoms with Gasteiger partial charge in [0.1, 0.15) is 0 Å². The van der Waals surface area contributed by atoms with Crippen molar-refractivity contribution in [3.63, 3.8) is 0 Å². The minimum atomic E-state index is -4.82. The molecule has 1 rings (SSSR count). The largest absolute Gasteiger partial charge is 1.00 e. The third kappa shape index (κ3) is 5.08. The number of piperidine rings is 1. The molecular formula is C10H24ClNO6P2. The van der Waals surface area contributed by atoms with Crippen molar-refractivity contribution in [1.82, 2.24) is 0 Å². The van der Waals surface area contributed by atoms with E-state index in [-0.39, 0.29) is 30.8 Å². The molecule has 4 N–H and O–H groups in total. The first kappa shape index (κ1) is 20.6. The predicted molar refractivity (Wildman–Crippen MR) is 71.7 cm³/mol. The summed E-state index contributed by atoms with van der Waals surface area (Å²) in [6.07, 6.45) is 1.78. The summed E-state index contributed by atoms with van der Waals surface area (Å²) >= 11 is 0. The zero-order valence-electron chi connectivity index (χ0n) is 11.9. The van der Waals surface area contributed by atoms with Crippen LogP contribution < -0.4 is 12.4 Å². The smallest absolute Gasteiger partial charge is 0.340 e. The van der Waals surface area contributed by atoms with Crippen LogP contribution in [0.2, 0.25) is 0 Å². The quantitative estimate of drug-likeness (QED) is 0.342. The van der Waals surface area contributed by atoms with E-state index >= 15 is 0 Å². The fourth-order valence-corrected chi connectivity index (χ4v) is 5.62. The van der Waals surface area contributed by atoms with Crippen LogP contribution in [0.5, 0.6) is 0 Å². The molecule has 0 bridgehead atoms. The molecule has 1 saturated heterocycles. The minimum Gasteiger partial charge on any atom is -1.00 e. The number of nitrogens with zero attached hydrogens (tertiary/aromatic N) is 1. The van der Waals surface area contributed by atoms with Crippen molar-refractivity contribution >= 4 is 15.2 Å². The lowest BCUT2D eigenvalue weighted by Gasteiger charge is -2.46. The van der Waals surface area contributed by atoms with Gasteiger partial charge < -0.3 is 36.5 Å². The number of likely N-dealkylation sites (tertiary alicyclic amines) is 1. The molecule has 10 heteroatoms. The molecule has 0 saturated carbocycles. The van der Waals surface area contributed by atoms with Crippen LogP contribution in [0.4, 0.5) is 0 Å². The summed E-state index contributed by atoms with van der Waals surface area (Å²) in [4.78, 5) is 36.8. The van der Waals surface area contributed by atoms with Crippen molar-refractivity contribution in [2.24, 2.45) is 5.92 Å². The average Bonchev–Trinajstić information content (AvgIpc) is 2.11. The van der Waals surface area contributed by atoms with Crippen molar-refractivity contribution < 1.29 is 45.6 Å². The molecule has 0 spiro atoms. The van der Waals surface area contributed by atoms with E-state index in [0.29, 0.717) is 4.48 Å². The normalized spacial score (nSPS) is 27.2. The van der Waals surface area contributed by atoms with Gasteiger partial charge in [-0.05, 0) is 12.8 Å². The maximum atomic E-state index is 11.4. The van der Waals surface area contributed by atoms with Gasteiger partial charge in [-0.2, -0.15) is 0 Å². The topological polar surface area (TPSA) is 115 Å². The molecule has 1 aliphatic rings. The van der Waals surface area contributed by atoms with Gasteiger partial charge in [0.2, 0.25) is 0 Å². The van der Waals surface area contributed by atoms with Crippen molar-refractivity contribution in [2.75, 3.05) is 20.6 Å². The van der Waals surface area contributed by atoms with Gasteiger partial charge in [0.25, 0.3) is 0 Å². The van der Waals surface area contributed by atoms with Gasteiger partial charge in [0, 0.05) is 12.3 Å². The van der Waals surface area contributed by atoms with E-state index in [1.165, 1.54) is 0 Å². The average molecular weight is 352 g/mol. The van der Waals surface area contributed by atoms with E-state index in [0.717, 1.165) is 19.4 Å². The van der Waals surface area contributed by atoms with Crippen LogP contribution in [0, 0.1) is 5.92 Å². The van der Waals surface area contributed by atoms with E-state index in [1.807, 2.05) is 21.0 Å². The van der Waals surface area contributed by atoms with Crippen molar-refractivity contribution in [3.8, 4) is 0 Å². The lowest BCUT2D eigenvalue weighted by atomic mass is 9.87. The summed E-state index contributed by atoms with van der Waals surface area (Å²) in [5.41, 5.74) is 0. The second-order valence-corrected chi connectivity index (χ2v) is 10.1. The summed E-state index contributed by atoms with van der Waals surface area (Å²) in [6.45, 7) is 2.82. The second-order valence-electron chi connectivity index (χ2n) is 6.08. The third-order valence-corrected chi connectivity index (χ3v) is 7.96. The molecule has 0 aliphatic carbocycles. The lowest BCUT2D eigenvalue weighted by Crippen LogP contribution is -3.00. The zero-order chi connectivity index (χ0) is 15.1. The summed E-state index contributed by atoms with van der Waals surface area (Å²) < 4.78 is 23.3. The first-order valence-corrected chi connectivity index (χ1v) is 9.65. The fourth-order valence-electron chi connectivity index (χ4n) is 3.07. The van der Waals surface area contributed by atoms with Crippen LogP contribution in [-0.2, 0) is 9.13 Å². The van der Waals surface area contributed by atoms with Crippen molar-refractivity contribution in [3.05, 3.63) is 0 Å². The SMILES string of the molecule is CC1CCC[N+](C)(C)C1CC(P(=O)(O)O)P(=O)(O)O.[Cl-]. The number of rotatable bonds is 4. The molecule has 0 aromatic heterocycles. The van der Waals surface area contributed by atoms with Gasteiger partial charge in [0.05, 0.1) is 26.7 Å².